The molecule has 0 aliphatic heterocycles. The van der Waals surface area contributed by atoms with Gasteiger partial charge in [-0.1, -0.05) is 0 Å². The molecule has 0 spiro atoms. The number of hydrogen-bond donors (Lipinski definition) is 1. The highest BCUT2D eigenvalue weighted by atomic mass is 32.1. The topological polar surface area (TPSA) is 47.0 Å². The SMILES string of the molecule is CCNc1nc(Oc2ccc(F)c(C)c2)c2ccsc2n1. The zero-order valence-electron chi connectivity index (χ0n) is 11.7. The van der Waals surface area contributed by atoms with Crippen molar-refractivity contribution in [3.05, 3.63) is 41.0 Å². The van der Waals surface area contributed by atoms with Crippen LogP contribution in [0.1, 0.15) is 12.5 Å². The number of hydrogen-bond acceptors (Lipinski definition) is 5. The first-order chi connectivity index (χ1) is 10.2. The number of aryl methyl sites for hydroxylation is 1. The summed E-state index contributed by atoms with van der Waals surface area (Å²) in [5.41, 5.74) is 0.537. The molecule has 0 fully saturated rings. The van der Waals surface area contributed by atoms with E-state index in [0.717, 1.165) is 16.8 Å². The number of aromatic nitrogens is 2. The van der Waals surface area contributed by atoms with Crippen LogP contribution in [0.2, 0.25) is 0 Å². The number of nitrogens with zero attached hydrogens (tertiary/aromatic N) is 2. The number of fused-ring (bicyclic) bond motifs is 1. The minimum Gasteiger partial charge on any atom is -0.438 e. The normalized spacial score (nSPS) is 10.8. The number of anilines is 1. The van der Waals surface area contributed by atoms with Gasteiger partial charge in [-0.25, -0.2) is 9.37 Å². The molecule has 2 heterocycles. The maximum absolute atomic E-state index is 13.3. The molecule has 0 amide bonds. The lowest BCUT2D eigenvalue weighted by Gasteiger charge is -2.09. The summed E-state index contributed by atoms with van der Waals surface area (Å²) in [4.78, 5) is 9.65. The second-order valence-electron chi connectivity index (χ2n) is 4.54. The zero-order chi connectivity index (χ0) is 14.8. The Morgan fingerprint density at radius 3 is 2.90 bits per heavy atom. The van der Waals surface area contributed by atoms with E-state index in [1.165, 1.54) is 17.4 Å². The third-order valence-electron chi connectivity index (χ3n) is 2.97. The van der Waals surface area contributed by atoms with Gasteiger partial charge in [0.25, 0.3) is 0 Å². The molecule has 1 aromatic carbocycles. The third-order valence-corrected chi connectivity index (χ3v) is 3.78. The fourth-order valence-electron chi connectivity index (χ4n) is 1.94. The number of benzene rings is 1. The van der Waals surface area contributed by atoms with E-state index in [1.54, 1.807) is 19.1 Å². The summed E-state index contributed by atoms with van der Waals surface area (Å²) in [7, 11) is 0. The first-order valence-corrected chi connectivity index (χ1v) is 7.48. The molecule has 0 bridgehead atoms. The number of thiophene rings is 1. The average Bonchev–Trinajstić information content (AvgIpc) is 2.92. The minimum atomic E-state index is -0.251. The predicted molar refractivity (Wildman–Crippen MR) is 82.8 cm³/mol. The number of nitrogens with one attached hydrogen (secondary N) is 1. The molecular formula is C15H14FN3OS. The molecule has 0 aliphatic rings. The Kier molecular flexibility index (Phi) is 3.70. The van der Waals surface area contributed by atoms with Crippen LogP contribution in [0.5, 0.6) is 11.6 Å². The minimum absolute atomic E-state index is 0.251. The lowest BCUT2D eigenvalue weighted by Crippen LogP contribution is -2.03. The van der Waals surface area contributed by atoms with Crippen LogP contribution in [-0.2, 0) is 0 Å². The van der Waals surface area contributed by atoms with Crippen LogP contribution in [-0.4, -0.2) is 16.5 Å². The van der Waals surface area contributed by atoms with Crippen molar-refractivity contribution in [3.63, 3.8) is 0 Å². The van der Waals surface area contributed by atoms with Crippen molar-refractivity contribution in [1.29, 1.82) is 0 Å². The largest absolute Gasteiger partial charge is 0.438 e. The molecule has 3 aromatic rings. The fourth-order valence-corrected chi connectivity index (χ4v) is 2.69. The maximum atomic E-state index is 13.3. The van der Waals surface area contributed by atoms with Crippen LogP contribution >= 0.6 is 11.3 Å². The van der Waals surface area contributed by atoms with E-state index >= 15 is 0 Å². The Morgan fingerprint density at radius 1 is 1.29 bits per heavy atom. The molecule has 0 unspecified atom stereocenters. The molecule has 0 saturated heterocycles. The van der Waals surface area contributed by atoms with Gasteiger partial charge in [-0.3, -0.25) is 0 Å². The van der Waals surface area contributed by atoms with Crippen molar-refractivity contribution in [2.45, 2.75) is 13.8 Å². The molecule has 2 aromatic heterocycles. The summed E-state index contributed by atoms with van der Waals surface area (Å²) in [5.74, 6) is 1.31. The second-order valence-corrected chi connectivity index (χ2v) is 5.43. The monoisotopic (exact) mass is 303 g/mol. The van der Waals surface area contributed by atoms with E-state index in [1.807, 2.05) is 18.4 Å². The summed E-state index contributed by atoms with van der Waals surface area (Å²) in [6.07, 6.45) is 0. The van der Waals surface area contributed by atoms with Crippen molar-refractivity contribution in [2.24, 2.45) is 0 Å². The Hall–Kier alpha value is -2.21. The van der Waals surface area contributed by atoms with Crippen molar-refractivity contribution in [2.75, 3.05) is 11.9 Å². The third kappa shape index (κ3) is 2.80. The van der Waals surface area contributed by atoms with Gasteiger partial charge in [0.05, 0.1) is 5.39 Å². The smallest absolute Gasteiger partial charge is 0.232 e. The molecule has 0 saturated carbocycles. The van der Waals surface area contributed by atoms with Crippen LogP contribution in [0.15, 0.2) is 29.6 Å². The van der Waals surface area contributed by atoms with Gasteiger partial charge in [0.15, 0.2) is 0 Å². The fraction of sp³-hybridized carbons (Fsp3) is 0.200. The van der Waals surface area contributed by atoms with Crippen LogP contribution in [0.3, 0.4) is 0 Å². The Morgan fingerprint density at radius 2 is 2.14 bits per heavy atom. The first-order valence-electron chi connectivity index (χ1n) is 6.60. The van der Waals surface area contributed by atoms with Gasteiger partial charge in [-0.2, -0.15) is 4.98 Å². The van der Waals surface area contributed by atoms with Crippen LogP contribution in [0, 0.1) is 12.7 Å². The van der Waals surface area contributed by atoms with Gasteiger partial charge in [-0.05, 0) is 49.1 Å². The van der Waals surface area contributed by atoms with Gasteiger partial charge in [0, 0.05) is 6.54 Å². The number of rotatable bonds is 4. The van der Waals surface area contributed by atoms with E-state index < -0.39 is 0 Å². The Balaban J connectivity index is 2.01. The summed E-state index contributed by atoms with van der Waals surface area (Å²) in [6, 6.07) is 6.56. The highest BCUT2D eigenvalue weighted by Crippen LogP contribution is 2.31. The standard InChI is InChI=1S/C15H14FN3OS/c1-3-17-15-18-13(11-6-7-21-14(11)19-15)20-10-4-5-12(16)9(2)8-10/h4-8H,3H2,1-2H3,(H,17,18,19). The molecule has 3 rings (SSSR count). The number of halogens is 1. The van der Waals surface area contributed by atoms with E-state index in [4.69, 9.17) is 4.74 Å². The summed E-state index contributed by atoms with van der Waals surface area (Å²) >= 11 is 1.53. The van der Waals surface area contributed by atoms with E-state index in [-0.39, 0.29) is 5.82 Å². The van der Waals surface area contributed by atoms with Gasteiger partial charge in [-0.15, -0.1) is 11.3 Å². The molecular weight excluding hydrogens is 289 g/mol. The van der Waals surface area contributed by atoms with Crippen LogP contribution < -0.4 is 10.1 Å². The highest BCUT2D eigenvalue weighted by Gasteiger charge is 2.11. The number of ether oxygens (including phenoxy) is 1. The van der Waals surface area contributed by atoms with Gasteiger partial charge < -0.3 is 10.1 Å². The quantitative estimate of drug-likeness (QED) is 0.778. The molecule has 6 heteroatoms. The van der Waals surface area contributed by atoms with Crippen molar-refractivity contribution >= 4 is 27.5 Å². The first kappa shape index (κ1) is 13.8. The molecule has 21 heavy (non-hydrogen) atoms. The average molecular weight is 303 g/mol. The Labute approximate surface area is 125 Å². The summed E-state index contributed by atoms with van der Waals surface area (Å²) in [6.45, 7) is 4.41. The van der Waals surface area contributed by atoms with Crippen LogP contribution in [0.25, 0.3) is 10.2 Å². The van der Waals surface area contributed by atoms with Gasteiger partial charge in [0.1, 0.15) is 16.4 Å². The maximum Gasteiger partial charge on any atom is 0.232 e. The van der Waals surface area contributed by atoms with Gasteiger partial charge >= 0.3 is 0 Å². The zero-order valence-corrected chi connectivity index (χ0v) is 12.5. The highest BCUT2D eigenvalue weighted by molar-refractivity contribution is 7.16. The van der Waals surface area contributed by atoms with E-state index in [0.29, 0.717) is 23.1 Å². The summed E-state index contributed by atoms with van der Waals surface area (Å²) in [5, 5.41) is 5.87. The predicted octanol–water partition coefficient (Wildman–Crippen LogP) is 4.36. The van der Waals surface area contributed by atoms with Crippen molar-refractivity contribution in [3.8, 4) is 11.6 Å². The van der Waals surface area contributed by atoms with Crippen molar-refractivity contribution < 1.29 is 9.13 Å². The van der Waals surface area contributed by atoms with Crippen LogP contribution in [0.4, 0.5) is 10.3 Å². The Bertz CT molecular complexity index is 788. The molecule has 108 valence electrons. The molecule has 1 N–H and O–H groups in total. The molecule has 4 nitrogen and oxygen atoms in total. The lowest BCUT2D eigenvalue weighted by molar-refractivity contribution is 0.466. The molecule has 0 atom stereocenters. The van der Waals surface area contributed by atoms with Gasteiger partial charge in [0.2, 0.25) is 11.8 Å². The van der Waals surface area contributed by atoms with Crippen molar-refractivity contribution in [1.82, 2.24) is 9.97 Å². The van der Waals surface area contributed by atoms with E-state index in [2.05, 4.69) is 15.3 Å². The van der Waals surface area contributed by atoms with E-state index in [9.17, 15) is 4.39 Å². The molecule has 0 radical (unpaired) electrons. The second kappa shape index (κ2) is 5.65. The molecule has 0 aliphatic carbocycles. The lowest BCUT2D eigenvalue weighted by atomic mass is 10.2. The summed E-state index contributed by atoms with van der Waals surface area (Å²) < 4.78 is 19.1.